The fraction of sp³-hybridized carbons (Fsp3) is 0.231. The molecule has 2 aromatic heterocycles. The molecular weight excluding hydrogens is 660 g/mol. The van der Waals surface area contributed by atoms with Crippen molar-refractivity contribution in [2.45, 2.75) is 31.7 Å². The van der Waals surface area contributed by atoms with Gasteiger partial charge in [0.05, 0.1) is 17.8 Å². The van der Waals surface area contributed by atoms with E-state index in [9.17, 15) is 22.8 Å². The zero-order chi connectivity index (χ0) is 34.9. The normalized spacial score (nSPS) is 14.5. The Morgan fingerprint density at radius 3 is 2.18 bits per heavy atom. The largest absolute Gasteiger partial charge is 0.416 e. The van der Waals surface area contributed by atoms with Crippen LogP contribution in [0.15, 0.2) is 121 Å². The number of halogens is 3. The molecule has 1 aliphatic heterocycles. The molecule has 6 rings (SSSR count). The van der Waals surface area contributed by atoms with Crippen LogP contribution in [0.1, 0.15) is 27.3 Å². The summed E-state index contributed by atoms with van der Waals surface area (Å²) >= 11 is 1.60. The summed E-state index contributed by atoms with van der Waals surface area (Å²) in [5.74, 6) is -0.570. The summed E-state index contributed by atoms with van der Waals surface area (Å²) in [6.07, 6.45) is 2.18. The molecule has 1 atom stereocenters. The number of nitrogens with zero attached hydrogens (tertiary/aromatic N) is 5. The summed E-state index contributed by atoms with van der Waals surface area (Å²) < 4.78 is 39.4. The average molecular weight is 696 g/mol. The number of alkyl halides is 3. The van der Waals surface area contributed by atoms with Gasteiger partial charge in [0, 0.05) is 68.6 Å². The van der Waals surface area contributed by atoms with Crippen LogP contribution in [0.25, 0.3) is 17.3 Å². The third-order valence-electron chi connectivity index (χ3n) is 8.67. The Hall–Kier alpha value is -5.13. The zero-order valence-corrected chi connectivity index (χ0v) is 28.1. The maximum absolute atomic E-state index is 14.5. The van der Waals surface area contributed by atoms with Gasteiger partial charge < -0.3 is 9.80 Å². The van der Waals surface area contributed by atoms with Crippen LogP contribution in [0.5, 0.6) is 0 Å². The van der Waals surface area contributed by atoms with Gasteiger partial charge in [-0.3, -0.25) is 19.5 Å². The quantitative estimate of drug-likeness (QED) is 0.137. The molecule has 11 heteroatoms. The number of rotatable bonds is 11. The lowest BCUT2D eigenvalue weighted by Gasteiger charge is -2.39. The minimum Gasteiger partial charge on any atom is -0.338 e. The van der Waals surface area contributed by atoms with Crippen LogP contribution in [-0.4, -0.2) is 68.7 Å². The van der Waals surface area contributed by atoms with E-state index in [1.54, 1.807) is 28.6 Å². The number of hydrogen-bond acceptors (Lipinski definition) is 6. The lowest BCUT2D eigenvalue weighted by Crippen LogP contribution is -2.56. The van der Waals surface area contributed by atoms with Gasteiger partial charge in [-0.25, -0.2) is 4.98 Å². The second-order valence-electron chi connectivity index (χ2n) is 12.1. The van der Waals surface area contributed by atoms with Crippen molar-refractivity contribution in [3.05, 3.63) is 148 Å². The fourth-order valence-electron chi connectivity index (χ4n) is 5.93. The standard InChI is InChI=1S/C39H36F3N5O2S/c40-39(41,42)33-16-11-29(12-17-33)13-18-37(48)47(27-31-9-14-32(15-10-31)34-8-4-5-19-43-34)35(26-30-6-2-1-3-7-30)38(49)46-23-21-45(22-24-46)28-36-44-20-25-50-36/h1-20,25,35H,21-24,26-28H2/b18-13-/t35-/m0/s1. The number of thiazole rings is 1. The summed E-state index contributed by atoms with van der Waals surface area (Å²) in [6.45, 7) is 3.25. The number of carbonyl (C=O) groups excluding carboxylic acids is 2. The summed E-state index contributed by atoms with van der Waals surface area (Å²) in [5.41, 5.74) is 3.13. The monoisotopic (exact) mass is 695 g/mol. The lowest BCUT2D eigenvalue weighted by atomic mass is 10.0. The molecule has 0 aliphatic carbocycles. The molecule has 0 spiro atoms. The van der Waals surface area contributed by atoms with Crippen molar-refractivity contribution in [2.24, 2.45) is 0 Å². The Morgan fingerprint density at radius 1 is 0.820 bits per heavy atom. The van der Waals surface area contributed by atoms with Gasteiger partial charge in [-0.1, -0.05) is 72.8 Å². The van der Waals surface area contributed by atoms with Crippen LogP contribution < -0.4 is 0 Å². The molecule has 256 valence electrons. The van der Waals surface area contributed by atoms with Crippen molar-refractivity contribution in [3.63, 3.8) is 0 Å². The smallest absolute Gasteiger partial charge is 0.338 e. The van der Waals surface area contributed by atoms with Crippen molar-refractivity contribution >= 4 is 29.2 Å². The first-order valence-electron chi connectivity index (χ1n) is 16.3. The minimum absolute atomic E-state index is 0.145. The van der Waals surface area contributed by atoms with Gasteiger partial charge in [-0.15, -0.1) is 11.3 Å². The number of carbonyl (C=O) groups is 2. The van der Waals surface area contributed by atoms with Crippen molar-refractivity contribution in [1.82, 2.24) is 24.7 Å². The predicted molar refractivity (Wildman–Crippen MR) is 189 cm³/mol. The lowest BCUT2D eigenvalue weighted by molar-refractivity contribution is -0.145. The molecular formula is C39H36F3N5O2S. The molecule has 0 bridgehead atoms. The Kier molecular flexibility index (Phi) is 11.1. The number of hydrogen-bond donors (Lipinski definition) is 0. The SMILES string of the molecule is O=C([C@H](Cc1ccccc1)N(Cc1ccc(-c2ccccn2)cc1)C(=O)/C=C\c1ccc(C(F)(F)F)cc1)N1CCN(Cc2nccs2)CC1. The summed E-state index contributed by atoms with van der Waals surface area (Å²) in [6, 6.07) is 26.8. The van der Waals surface area contributed by atoms with Crippen molar-refractivity contribution in [1.29, 1.82) is 0 Å². The molecule has 3 heterocycles. The van der Waals surface area contributed by atoms with Gasteiger partial charge in [-0.2, -0.15) is 13.2 Å². The van der Waals surface area contributed by atoms with Crippen LogP contribution >= 0.6 is 11.3 Å². The highest BCUT2D eigenvalue weighted by molar-refractivity contribution is 7.09. The van der Waals surface area contributed by atoms with Gasteiger partial charge in [-0.05, 0) is 47.0 Å². The first kappa shape index (κ1) is 34.7. The van der Waals surface area contributed by atoms with Crippen LogP contribution in [-0.2, 0) is 35.3 Å². The van der Waals surface area contributed by atoms with Crippen LogP contribution in [0.2, 0.25) is 0 Å². The van der Waals surface area contributed by atoms with Crippen LogP contribution in [0.4, 0.5) is 13.2 Å². The van der Waals surface area contributed by atoms with Crippen LogP contribution in [0.3, 0.4) is 0 Å². The maximum atomic E-state index is 14.5. The number of amides is 2. The van der Waals surface area contributed by atoms with E-state index in [0.717, 1.165) is 46.1 Å². The third-order valence-corrected chi connectivity index (χ3v) is 9.43. The van der Waals surface area contributed by atoms with E-state index < -0.39 is 23.7 Å². The molecule has 0 saturated carbocycles. The minimum atomic E-state index is -4.46. The summed E-state index contributed by atoms with van der Waals surface area (Å²) in [4.78, 5) is 43.1. The highest BCUT2D eigenvalue weighted by Gasteiger charge is 2.34. The summed E-state index contributed by atoms with van der Waals surface area (Å²) in [7, 11) is 0. The molecule has 3 aromatic carbocycles. The molecule has 1 saturated heterocycles. The van der Waals surface area contributed by atoms with E-state index in [4.69, 9.17) is 0 Å². The Labute approximate surface area is 293 Å². The summed E-state index contributed by atoms with van der Waals surface area (Å²) in [5, 5.41) is 2.98. The third kappa shape index (κ3) is 9.10. The van der Waals surface area contributed by atoms with E-state index in [0.29, 0.717) is 38.2 Å². The molecule has 1 fully saturated rings. The first-order chi connectivity index (χ1) is 24.2. The molecule has 50 heavy (non-hydrogen) atoms. The topological polar surface area (TPSA) is 69.6 Å². The van der Waals surface area contributed by atoms with E-state index in [2.05, 4.69) is 14.9 Å². The average Bonchev–Trinajstić information content (AvgIpc) is 3.66. The number of piperazine rings is 1. The van der Waals surface area contributed by atoms with Crippen molar-refractivity contribution < 1.29 is 22.8 Å². The molecule has 1 aliphatic rings. The fourth-order valence-corrected chi connectivity index (χ4v) is 6.58. The van der Waals surface area contributed by atoms with E-state index in [-0.39, 0.29) is 12.5 Å². The van der Waals surface area contributed by atoms with Gasteiger partial charge in [0.2, 0.25) is 11.8 Å². The van der Waals surface area contributed by atoms with E-state index in [1.165, 1.54) is 24.3 Å². The van der Waals surface area contributed by atoms with Gasteiger partial charge >= 0.3 is 6.18 Å². The molecule has 0 radical (unpaired) electrons. The van der Waals surface area contributed by atoms with Gasteiger partial charge in [0.1, 0.15) is 11.0 Å². The Morgan fingerprint density at radius 2 is 1.54 bits per heavy atom. The van der Waals surface area contributed by atoms with E-state index in [1.807, 2.05) is 83.1 Å². The highest BCUT2D eigenvalue weighted by Crippen LogP contribution is 2.29. The molecule has 5 aromatic rings. The highest BCUT2D eigenvalue weighted by atomic mass is 32.1. The molecule has 0 unspecified atom stereocenters. The van der Waals surface area contributed by atoms with Crippen molar-refractivity contribution in [2.75, 3.05) is 26.2 Å². The van der Waals surface area contributed by atoms with Crippen molar-refractivity contribution in [3.8, 4) is 11.3 Å². The van der Waals surface area contributed by atoms with Gasteiger partial charge in [0.15, 0.2) is 0 Å². The number of pyridine rings is 1. The number of aromatic nitrogens is 2. The predicted octanol–water partition coefficient (Wildman–Crippen LogP) is 7.22. The van der Waals surface area contributed by atoms with E-state index >= 15 is 0 Å². The number of benzene rings is 3. The molecule has 7 nitrogen and oxygen atoms in total. The second kappa shape index (κ2) is 16.1. The molecule has 0 N–H and O–H groups in total. The van der Waals surface area contributed by atoms with Crippen LogP contribution in [0, 0.1) is 0 Å². The first-order valence-corrected chi connectivity index (χ1v) is 17.2. The molecule has 2 amide bonds. The maximum Gasteiger partial charge on any atom is 0.416 e. The second-order valence-corrected chi connectivity index (χ2v) is 13.0. The van der Waals surface area contributed by atoms with Gasteiger partial charge in [0.25, 0.3) is 0 Å². The Bertz CT molecular complexity index is 1860. The zero-order valence-electron chi connectivity index (χ0n) is 27.2. The Balaban J connectivity index is 1.28.